The standard InChI is InChI=1S/C15H42N4Si3/c1-7-17(8-2)20-14(13-16)15(21-18(9-3)10-4)22-19(11-5)12-6/h14-15H,7-13,16,20-22H2,1-6H3. The van der Waals surface area contributed by atoms with E-state index in [1.165, 1.54) is 39.3 Å². The Hall–Kier alpha value is 0.491. The summed E-state index contributed by atoms with van der Waals surface area (Å²) in [4.78, 5) is 0. The molecule has 2 N–H and O–H groups in total. The van der Waals surface area contributed by atoms with E-state index in [2.05, 4.69) is 55.2 Å². The molecule has 0 rings (SSSR count). The number of hydrogen-bond acceptors (Lipinski definition) is 4. The topological polar surface area (TPSA) is 35.7 Å². The molecule has 22 heavy (non-hydrogen) atoms. The lowest BCUT2D eigenvalue weighted by Gasteiger charge is -2.35. The average molecular weight is 363 g/mol. The molecule has 0 aromatic carbocycles. The molecular weight excluding hydrogens is 320 g/mol. The SMILES string of the molecule is CCN(CC)[SiH2]C(CN)C([SiH2]N(CC)CC)[SiH2]N(CC)CC. The second-order valence-electron chi connectivity index (χ2n) is 6.21. The summed E-state index contributed by atoms with van der Waals surface area (Å²) in [6.45, 7) is 22.2. The van der Waals surface area contributed by atoms with E-state index < -0.39 is 0 Å². The van der Waals surface area contributed by atoms with Crippen LogP contribution in [-0.2, 0) is 0 Å². The Morgan fingerprint density at radius 3 is 1.23 bits per heavy atom. The van der Waals surface area contributed by atoms with Gasteiger partial charge >= 0.3 is 0 Å². The zero-order valence-corrected chi connectivity index (χ0v) is 20.4. The van der Waals surface area contributed by atoms with Crippen molar-refractivity contribution >= 4 is 29.0 Å². The first-order chi connectivity index (χ1) is 10.6. The molecule has 0 saturated carbocycles. The van der Waals surface area contributed by atoms with Gasteiger partial charge in [-0.15, -0.1) is 0 Å². The van der Waals surface area contributed by atoms with Crippen LogP contribution in [0.5, 0.6) is 0 Å². The molecule has 0 aromatic heterocycles. The highest BCUT2D eigenvalue weighted by molar-refractivity contribution is 6.59. The third-order valence-corrected chi connectivity index (χ3v) is 16.0. The van der Waals surface area contributed by atoms with Gasteiger partial charge in [0.15, 0.2) is 0 Å². The maximum absolute atomic E-state index is 6.26. The summed E-state index contributed by atoms with van der Waals surface area (Å²) in [5, 5.41) is 0.997. The van der Waals surface area contributed by atoms with E-state index in [1.54, 1.807) is 0 Å². The molecule has 0 aliphatic rings. The van der Waals surface area contributed by atoms with Crippen molar-refractivity contribution in [1.82, 2.24) is 13.7 Å². The molecule has 0 aliphatic carbocycles. The van der Waals surface area contributed by atoms with E-state index >= 15 is 0 Å². The molecule has 0 aliphatic heterocycles. The smallest absolute Gasteiger partial charge is 0.0990 e. The molecule has 7 heteroatoms. The van der Waals surface area contributed by atoms with Crippen molar-refractivity contribution in [3.8, 4) is 0 Å². The number of nitrogens with two attached hydrogens (primary N) is 1. The van der Waals surface area contributed by atoms with E-state index in [4.69, 9.17) is 5.73 Å². The minimum absolute atomic E-state index is 0.157. The summed E-state index contributed by atoms with van der Waals surface area (Å²) in [7, 11) is -0.515. The quantitative estimate of drug-likeness (QED) is 0.433. The van der Waals surface area contributed by atoms with Gasteiger partial charge in [0.1, 0.15) is 0 Å². The van der Waals surface area contributed by atoms with Gasteiger partial charge in [0.05, 0.1) is 29.0 Å². The van der Waals surface area contributed by atoms with Gasteiger partial charge in [-0.05, 0) is 56.5 Å². The van der Waals surface area contributed by atoms with Crippen LogP contribution in [0.1, 0.15) is 41.5 Å². The van der Waals surface area contributed by atoms with Crippen molar-refractivity contribution in [3.63, 3.8) is 0 Å². The van der Waals surface area contributed by atoms with Crippen molar-refractivity contribution < 1.29 is 0 Å². The van der Waals surface area contributed by atoms with Gasteiger partial charge in [-0.25, -0.2) is 0 Å². The lowest BCUT2D eigenvalue weighted by Crippen LogP contribution is -2.45. The third-order valence-electron chi connectivity index (χ3n) is 5.13. The van der Waals surface area contributed by atoms with E-state index in [-0.39, 0.29) is 29.0 Å². The van der Waals surface area contributed by atoms with Gasteiger partial charge in [-0.1, -0.05) is 41.5 Å². The van der Waals surface area contributed by atoms with Crippen molar-refractivity contribution in [2.75, 3.05) is 45.8 Å². The van der Waals surface area contributed by atoms with E-state index in [0.29, 0.717) is 0 Å². The van der Waals surface area contributed by atoms with Gasteiger partial charge < -0.3 is 19.4 Å². The van der Waals surface area contributed by atoms with Crippen LogP contribution < -0.4 is 5.73 Å². The lowest BCUT2D eigenvalue weighted by molar-refractivity contribution is 0.461. The van der Waals surface area contributed by atoms with Crippen molar-refractivity contribution in [3.05, 3.63) is 0 Å². The van der Waals surface area contributed by atoms with E-state index in [0.717, 1.165) is 17.3 Å². The maximum atomic E-state index is 6.26. The molecule has 0 amide bonds. The van der Waals surface area contributed by atoms with Crippen LogP contribution in [0.15, 0.2) is 0 Å². The molecule has 0 spiro atoms. The molecule has 134 valence electrons. The maximum Gasteiger partial charge on any atom is 0.0990 e. The molecular formula is C15H42N4Si3. The van der Waals surface area contributed by atoms with Crippen LogP contribution in [-0.4, -0.2) is 88.6 Å². The Labute approximate surface area is 146 Å². The van der Waals surface area contributed by atoms with Gasteiger partial charge in [-0.3, -0.25) is 0 Å². The van der Waals surface area contributed by atoms with Crippen LogP contribution in [0, 0.1) is 0 Å². The van der Waals surface area contributed by atoms with E-state index in [9.17, 15) is 0 Å². The summed E-state index contributed by atoms with van der Waals surface area (Å²) >= 11 is 0. The van der Waals surface area contributed by atoms with Crippen molar-refractivity contribution in [2.24, 2.45) is 5.73 Å². The molecule has 1 atom stereocenters. The third kappa shape index (κ3) is 8.37. The predicted molar refractivity (Wildman–Crippen MR) is 111 cm³/mol. The highest BCUT2D eigenvalue weighted by Gasteiger charge is 2.26. The Morgan fingerprint density at radius 2 is 0.955 bits per heavy atom. The molecule has 0 heterocycles. The molecule has 0 radical (unpaired) electrons. The molecule has 0 saturated heterocycles. The van der Waals surface area contributed by atoms with Crippen LogP contribution in [0.4, 0.5) is 0 Å². The summed E-state index contributed by atoms with van der Waals surface area (Å²) in [6, 6.07) is 0. The molecule has 4 nitrogen and oxygen atoms in total. The van der Waals surface area contributed by atoms with Crippen LogP contribution in [0.25, 0.3) is 0 Å². The number of hydrogen-bond donors (Lipinski definition) is 1. The van der Waals surface area contributed by atoms with Gasteiger partial charge in [0.25, 0.3) is 0 Å². The average Bonchev–Trinajstić information content (AvgIpc) is 2.57. The van der Waals surface area contributed by atoms with Gasteiger partial charge in [0, 0.05) is 0 Å². The second kappa shape index (κ2) is 13.9. The first-order valence-corrected chi connectivity index (χ1v) is 13.8. The monoisotopic (exact) mass is 362 g/mol. The second-order valence-corrected chi connectivity index (χ2v) is 14.3. The Morgan fingerprint density at radius 1 is 0.636 bits per heavy atom. The molecule has 1 unspecified atom stereocenters. The minimum Gasteiger partial charge on any atom is -0.330 e. The minimum atomic E-state index is -0.200. The molecule has 0 bridgehead atoms. The molecule has 0 fully saturated rings. The first kappa shape index (κ1) is 22.5. The van der Waals surface area contributed by atoms with Gasteiger partial charge in [-0.2, -0.15) is 0 Å². The normalized spacial score (nSPS) is 16.6. The fourth-order valence-corrected chi connectivity index (χ4v) is 12.6. The van der Waals surface area contributed by atoms with E-state index in [1.807, 2.05) is 0 Å². The van der Waals surface area contributed by atoms with Crippen LogP contribution in [0.3, 0.4) is 0 Å². The number of rotatable bonds is 14. The summed E-state index contributed by atoms with van der Waals surface area (Å²) in [5.74, 6) is 0. The van der Waals surface area contributed by atoms with Gasteiger partial charge in [0.2, 0.25) is 0 Å². The van der Waals surface area contributed by atoms with Crippen molar-refractivity contribution in [2.45, 2.75) is 52.2 Å². The highest BCUT2D eigenvalue weighted by Crippen LogP contribution is 2.23. The Bertz CT molecular complexity index is 233. The summed E-state index contributed by atoms with van der Waals surface area (Å²) in [6.07, 6.45) is 0. The largest absolute Gasteiger partial charge is 0.330 e. The highest BCUT2D eigenvalue weighted by atomic mass is 28.3. The van der Waals surface area contributed by atoms with Crippen molar-refractivity contribution in [1.29, 1.82) is 0 Å². The Balaban J connectivity index is 4.96. The first-order valence-electron chi connectivity index (χ1n) is 9.46. The fraction of sp³-hybridized carbons (Fsp3) is 1.00. The summed E-state index contributed by atoms with van der Waals surface area (Å²) in [5.41, 5.74) is 7.11. The molecule has 0 aromatic rings. The van der Waals surface area contributed by atoms with Crippen LogP contribution in [0.2, 0.25) is 10.7 Å². The summed E-state index contributed by atoms with van der Waals surface area (Å²) < 4.78 is 8.21. The zero-order chi connectivity index (χ0) is 17.0. The lowest BCUT2D eigenvalue weighted by atomic mass is 10.5. The number of nitrogens with zero attached hydrogens (tertiary/aromatic N) is 3. The fourth-order valence-electron chi connectivity index (χ4n) is 3.21. The Kier molecular flexibility index (Phi) is 14.2. The predicted octanol–water partition coefficient (Wildman–Crippen LogP) is -0.244. The van der Waals surface area contributed by atoms with Crippen LogP contribution >= 0.6 is 0 Å². The zero-order valence-electron chi connectivity index (χ0n) is 16.1.